The average Bonchev–Trinajstić information content (AvgIpc) is 2.28. The molecular weight excluding hydrogens is 262 g/mol. The molecule has 1 heterocycles. The topological polar surface area (TPSA) is 75.1 Å². The Morgan fingerprint density at radius 3 is 2.47 bits per heavy atom. The third-order valence-corrected chi connectivity index (χ3v) is 3.61. The van der Waals surface area contributed by atoms with Gasteiger partial charge in [-0.05, 0) is 33.3 Å². The molecule has 0 fully saturated rings. The molecule has 0 saturated heterocycles. The zero-order valence-corrected chi connectivity index (χ0v) is 12.6. The van der Waals surface area contributed by atoms with Crippen LogP contribution in [0.4, 0.5) is 0 Å². The van der Waals surface area contributed by atoms with E-state index in [9.17, 15) is 9.90 Å². The van der Waals surface area contributed by atoms with E-state index in [0.717, 1.165) is 0 Å². The Labute approximate surface area is 118 Å². The first kappa shape index (κ1) is 15.9. The van der Waals surface area contributed by atoms with E-state index < -0.39 is 11.5 Å². The molecule has 0 spiro atoms. The average molecular weight is 283 g/mol. The van der Waals surface area contributed by atoms with E-state index in [1.165, 1.54) is 11.8 Å². The minimum absolute atomic E-state index is 0.106. The lowest BCUT2D eigenvalue weighted by Gasteiger charge is -2.30. The maximum atomic E-state index is 11.4. The van der Waals surface area contributed by atoms with Crippen LogP contribution in [0.1, 0.15) is 34.1 Å². The number of aliphatic carboxylic acids is 1. The molecule has 2 N–H and O–H groups in total. The van der Waals surface area contributed by atoms with Gasteiger partial charge in [0.2, 0.25) is 0 Å². The van der Waals surface area contributed by atoms with Crippen LogP contribution in [0.15, 0.2) is 23.6 Å². The van der Waals surface area contributed by atoms with Crippen molar-refractivity contribution < 1.29 is 9.90 Å². The van der Waals surface area contributed by atoms with Gasteiger partial charge in [-0.25, -0.2) is 9.97 Å². The van der Waals surface area contributed by atoms with Gasteiger partial charge in [0.15, 0.2) is 5.16 Å². The van der Waals surface area contributed by atoms with Crippen molar-refractivity contribution in [2.24, 2.45) is 0 Å². The second-order valence-corrected chi connectivity index (χ2v) is 6.51. The Balaban J connectivity index is 2.66. The predicted molar refractivity (Wildman–Crippen MR) is 76.3 cm³/mol. The maximum Gasteiger partial charge on any atom is 0.323 e. The predicted octanol–water partition coefficient (Wildman–Crippen LogP) is 2.19. The van der Waals surface area contributed by atoms with E-state index in [4.69, 9.17) is 0 Å². The second-order valence-electron chi connectivity index (χ2n) is 5.10. The molecule has 0 aliphatic carbocycles. The Morgan fingerprint density at radius 2 is 2.00 bits per heavy atom. The van der Waals surface area contributed by atoms with E-state index in [0.29, 0.717) is 11.6 Å². The fourth-order valence-corrected chi connectivity index (χ4v) is 3.01. The van der Waals surface area contributed by atoms with Crippen LogP contribution >= 0.6 is 11.8 Å². The first-order valence-electron chi connectivity index (χ1n) is 6.28. The normalized spacial score (nSPS) is 16.1. The van der Waals surface area contributed by atoms with Crippen molar-refractivity contribution in [2.45, 2.75) is 56.1 Å². The molecule has 0 aromatic carbocycles. The summed E-state index contributed by atoms with van der Waals surface area (Å²) in [6.45, 7) is 7.60. The number of thioether (sulfide) groups is 1. The molecule has 1 aromatic rings. The van der Waals surface area contributed by atoms with E-state index >= 15 is 0 Å². The number of nitrogens with zero attached hydrogens (tertiary/aromatic N) is 2. The van der Waals surface area contributed by atoms with Gasteiger partial charge < -0.3 is 5.11 Å². The summed E-state index contributed by atoms with van der Waals surface area (Å²) in [6.07, 6.45) is 3.87. The quantitative estimate of drug-likeness (QED) is 0.590. The molecule has 0 bridgehead atoms. The Morgan fingerprint density at radius 1 is 1.42 bits per heavy atom. The SMILES string of the molecule is CC(C)NC(C)(CC(C)Sc1ncccn1)C(=O)O. The molecule has 0 saturated carbocycles. The largest absolute Gasteiger partial charge is 0.480 e. The summed E-state index contributed by atoms with van der Waals surface area (Å²) in [5.74, 6) is -0.831. The zero-order valence-electron chi connectivity index (χ0n) is 11.8. The van der Waals surface area contributed by atoms with E-state index in [1.807, 2.05) is 20.8 Å². The van der Waals surface area contributed by atoms with Crippen LogP contribution in [0.25, 0.3) is 0 Å². The van der Waals surface area contributed by atoms with Crippen molar-refractivity contribution in [1.82, 2.24) is 15.3 Å². The lowest BCUT2D eigenvalue weighted by Crippen LogP contribution is -2.53. The van der Waals surface area contributed by atoms with Gasteiger partial charge in [0, 0.05) is 23.7 Å². The van der Waals surface area contributed by atoms with Crippen LogP contribution in [0, 0.1) is 0 Å². The third kappa shape index (κ3) is 5.16. The van der Waals surface area contributed by atoms with Gasteiger partial charge in [0.1, 0.15) is 5.54 Å². The van der Waals surface area contributed by atoms with E-state index in [1.54, 1.807) is 25.4 Å². The summed E-state index contributed by atoms with van der Waals surface area (Å²) in [7, 11) is 0. The molecule has 0 amide bonds. The highest BCUT2D eigenvalue weighted by Gasteiger charge is 2.35. The number of carboxylic acid groups (broad SMARTS) is 1. The highest BCUT2D eigenvalue weighted by atomic mass is 32.2. The number of aromatic nitrogens is 2. The molecule has 19 heavy (non-hydrogen) atoms. The van der Waals surface area contributed by atoms with Crippen LogP contribution in [-0.4, -0.2) is 37.9 Å². The summed E-state index contributed by atoms with van der Waals surface area (Å²) in [5.41, 5.74) is -0.935. The van der Waals surface area contributed by atoms with Gasteiger partial charge in [-0.15, -0.1) is 0 Å². The number of nitrogens with one attached hydrogen (secondary N) is 1. The summed E-state index contributed by atoms with van der Waals surface area (Å²) in [4.78, 5) is 19.7. The minimum atomic E-state index is -0.935. The highest BCUT2D eigenvalue weighted by Crippen LogP contribution is 2.26. The molecule has 6 heteroatoms. The number of hydrogen-bond donors (Lipinski definition) is 2. The number of rotatable bonds is 7. The second kappa shape index (κ2) is 6.86. The van der Waals surface area contributed by atoms with Crippen LogP contribution in [0.5, 0.6) is 0 Å². The Bertz CT molecular complexity index is 414. The van der Waals surface area contributed by atoms with Gasteiger partial charge in [0.25, 0.3) is 0 Å². The molecule has 106 valence electrons. The van der Waals surface area contributed by atoms with Gasteiger partial charge in [-0.3, -0.25) is 10.1 Å². The van der Waals surface area contributed by atoms with Crippen molar-refractivity contribution in [1.29, 1.82) is 0 Å². The molecule has 0 aliphatic rings. The summed E-state index contributed by atoms with van der Waals surface area (Å²) in [6, 6.07) is 1.88. The van der Waals surface area contributed by atoms with E-state index in [-0.39, 0.29) is 11.3 Å². The van der Waals surface area contributed by atoms with Gasteiger partial charge in [-0.2, -0.15) is 0 Å². The molecule has 2 unspecified atom stereocenters. The van der Waals surface area contributed by atoms with Crippen LogP contribution < -0.4 is 5.32 Å². The Kier molecular flexibility index (Phi) is 5.75. The van der Waals surface area contributed by atoms with Gasteiger partial charge >= 0.3 is 5.97 Å². The lowest BCUT2D eigenvalue weighted by molar-refractivity contribution is -0.144. The molecule has 0 aliphatic heterocycles. The fourth-order valence-electron chi connectivity index (χ4n) is 1.99. The van der Waals surface area contributed by atoms with Crippen molar-refractivity contribution in [2.75, 3.05) is 0 Å². The van der Waals surface area contributed by atoms with Gasteiger partial charge in [0.05, 0.1) is 0 Å². The first-order chi connectivity index (χ1) is 8.83. The monoisotopic (exact) mass is 283 g/mol. The summed E-state index contributed by atoms with van der Waals surface area (Å²) in [5, 5.41) is 13.3. The molecule has 5 nitrogen and oxygen atoms in total. The molecule has 1 aromatic heterocycles. The zero-order chi connectivity index (χ0) is 14.5. The fraction of sp³-hybridized carbons (Fsp3) is 0.615. The van der Waals surface area contributed by atoms with E-state index in [2.05, 4.69) is 15.3 Å². The number of hydrogen-bond acceptors (Lipinski definition) is 5. The molecular formula is C13H21N3O2S. The molecule has 1 rings (SSSR count). The molecule has 2 atom stereocenters. The van der Waals surface area contributed by atoms with Gasteiger partial charge in [-0.1, -0.05) is 18.7 Å². The van der Waals surface area contributed by atoms with Crippen LogP contribution in [0.2, 0.25) is 0 Å². The lowest BCUT2D eigenvalue weighted by atomic mass is 9.95. The first-order valence-corrected chi connectivity index (χ1v) is 7.16. The summed E-state index contributed by atoms with van der Waals surface area (Å²) >= 11 is 1.49. The van der Waals surface area contributed by atoms with Crippen molar-refractivity contribution in [3.05, 3.63) is 18.5 Å². The highest BCUT2D eigenvalue weighted by molar-refractivity contribution is 7.99. The third-order valence-electron chi connectivity index (χ3n) is 2.62. The number of carboxylic acids is 1. The van der Waals surface area contributed by atoms with Crippen molar-refractivity contribution in [3.8, 4) is 0 Å². The smallest absolute Gasteiger partial charge is 0.323 e. The van der Waals surface area contributed by atoms with Crippen molar-refractivity contribution >= 4 is 17.7 Å². The standard InChI is InChI=1S/C13H21N3O2S/c1-9(2)16-13(4,11(17)18)8-10(3)19-12-14-6-5-7-15-12/h5-7,9-10,16H,8H2,1-4H3,(H,17,18). The Hall–Kier alpha value is -1.14. The molecule has 0 radical (unpaired) electrons. The maximum absolute atomic E-state index is 11.4. The number of carbonyl (C=O) groups is 1. The van der Waals surface area contributed by atoms with Crippen LogP contribution in [-0.2, 0) is 4.79 Å². The van der Waals surface area contributed by atoms with Crippen molar-refractivity contribution in [3.63, 3.8) is 0 Å². The minimum Gasteiger partial charge on any atom is -0.480 e. The summed E-state index contributed by atoms with van der Waals surface area (Å²) < 4.78 is 0. The van der Waals surface area contributed by atoms with Crippen LogP contribution in [0.3, 0.4) is 0 Å².